The molecule has 19 heavy (non-hydrogen) atoms. The second-order valence-electron chi connectivity index (χ2n) is 5.80. The van der Waals surface area contributed by atoms with Crippen LogP contribution in [0.15, 0.2) is 24.3 Å². The van der Waals surface area contributed by atoms with Crippen molar-refractivity contribution in [3.05, 3.63) is 35.4 Å². The first-order chi connectivity index (χ1) is 9.11. The van der Waals surface area contributed by atoms with Gasteiger partial charge in [0, 0.05) is 19.1 Å². The van der Waals surface area contributed by atoms with Crippen LogP contribution >= 0.6 is 11.6 Å². The van der Waals surface area contributed by atoms with Crippen molar-refractivity contribution in [2.24, 2.45) is 11.8 Å². The van der Waals surface area contributed by atoms with E-state index in [0.717, 1.165) is 38.4 Å². The molecule has 0 aliphatic carbocycles. The van der Waals surface area contributed by atoms with E-state index in [2.05, 4.69) is 45.0 Å². The van der Waals surface area contributed by atoms with Gasteiger partial charge in [-0.3, -0.25) is 0 Å². The summed E-state index contributed by atoms with van der Waals surface area (Å²) in [7, 11) is 0. The van der Waals surface area contributed by atoms with E-state index in [4.69, 9.17) is 16.3 Å². The molecule has 2 heteroatoms. The molecule has 0 radical (unpaired) electrons. The zero-order valence-corrected chi connectivity index (χ0v) is 13.2. The van der Waals surface area contributed by atoms with Gasteiger partial charge in [0.2, 0.25) is 0 Å². The van der Waals surface area contributed by atoms with Crippen LogP contribution in [0.3, 0.4) is 0 Å². The number of halogens is 1. The summed E-state index contributed by atoms with van der Waals surface area (Å²) >= 11 is 6.06. The second kappa shape index (κ2) is 9.39. The highest BCUT2D eigenvalue weighted by Crippen LogP contribution is 2.15. The van der Waals surface area contributed by atoms with Gasteiger partial charge in [-0.2, -0.15) is 0 Å². The van der Waals surface area contributed by atoms with Gasteiger partial charge >= 0.3 is 0 Å². The summed E-state index contributed by atoms with van der Waals surface area (Å²) in [6.45, 7) is 8.28. The fraction of sp³-hybridized carbons (Fsp3) is 0.647. The number of hydrogen-bond acceptors (Lipinski definition) is 1. The van der Waals surface area contributed by atoms with Crippen molar-refractivity contribution in [1.29, 1.82) is 0 Å². The van der Waals surface area contributed by atoms with Gasteiger partial charge in [0.15, 0.2) is 0 Å². The fourth-order valence-corrected chi connectivity index (χ4v) is 2.34. The van der Waals surface area contributed by atoms with E-state index in [-0.39, 0.29) is 0 Å². The maximum absolute atomic E-state index is 6.06. The maximum Gasteiger partial charge on any atom is 0.0469 e. The van der Waals surface area contributed by atoms with Gasteiger partial charge in [-0.1, -0.05) is 43.7 Å². The van der Waals surface area contributed by atoms with E-state index in [1.165, 1.54) is 11.1 Å². The lowest BCUT2D eigenvalue weighted by Crippen LogP contribution is -2.11. The number of ether oxygens (including phenoxy) is 1. The van der Waals surface area contributed by atoms with Gasteiger partial charge in [0.25, 0.3) is 0 Å². The molecule has 0 saturated carbocycles. The number of benzene rings is 1. The number of hydrogen-bond donors (Lipinski definition) is 0. The van der Waals surface area contributed by atoms with Gasteiger partial charge < -0.3 is 4.74 Å². The SMILES string of the molecule is Cc1cccc(CC(CCl)CCOCCC(C)C)c1. The normalized spacial score (nSPS) is 12.9. The molecule has 0 amide bonds. The van der Waals surface area contributed by atoms with Crippen LogP contribution in [-0.2, 0) is 11.2 Å². The summed E-state index contributed by atoms with van der Waals surface area (Å²) in [5, 5.41) is 0. The molecule has 1 rings (SSSR count). The van der Waals surface area contributed by atoms with Crippen LogP contribution in [0.4, 0.5) is 0 Å². The van der Waals surface area contributed by atoms with E-state index < -0.39 is 0 Å². The summed E-state index contributed by atoms with van der Waals surface area (Å²) in [5.74, 6) is 1.94. The zero-order valence-electron chi connectivity index (χ0n) is 12.5. The minimum atomic E-state index is 0.516. The molecule has 0 heterocycles. The first kappa shape index (κ1) is 16.5. The van der Waals surface area contributed by atoms with Crippen molar-refractivity contribution < 1.29 is 4.74 Å². The lowest BCUT2D eigenvalue weighted by molar-refractivity contribution is 0.112. The van der Waals surface area contributed by atoms with E-state index >= 15 is 0 Å². The van der Waals surface area contributed by atoms with Gasteiger partial charge in [-0.25, -0.2) is 0 Å². The standard InChI is InChI=1S/C17H27ClO/c1-14(2)7-9-19-10-8-17(13-18)12-16-6-4-5-15(3)11-16/h4-6,11,14,17H,7-10,12-13H2,1-3H3. The first-order valence-electron chi connectivity index (χ1n) is 7.31. The molecule has 0 aliphatic heterocycles. The highest BCUT2D eigenvalue weighted by Gasteiger charge is 2.09. The molecular weight excluding hydrogens is 256 g/mol. The Morgan fingerprint density at radius 1 is 1.16 bits per heavy atom. The Balaban J connectivity index is 2.26. The quantitative estimate of drug-likeness (QED) is 0.465. The summed E-state index contributed by atoms with van der Waals surface area (Å²) in [6, 6.07) is 8.69. The first-order valence-corrected chi connectivity index (χ1v) is 7.84. The van der Waals surface area contributed by atoms with Crippen LogP contribution in [-0.4, -0.2) is 19.1 Å². The molecule has 0 bridgehead atoms. The van der Waals surface area contributed by atoms with Gasteiger partial charge in [-0.15, -0.1) is 11.6 Å². The molecule has 108 valence electrons. The van der Waals surface area contributed by atoms with E-state index in [1.807, 2.05) is 0 Å². The molecule has 0 N–H and O–H groups in total. The smallest absolute Gasteiger partial charge is 0.0469 e. The topological polar surface area (TPSA) is 9.23 Å². The van der Waals surface area contributed by atoms with Gasteiger partial charge in [-0.05, 0) is 43.6 Å². The molecule has 0 saturated heterocycles. The lowest BCUT2D eigenvalue weighted by Gasteiger charge is -2.15. The molecule has 0 fully saturated rings. The fourth-order valence-electron chi connectivity index (χ4n) is 2.08. The molecule has 1 aromatic rings. The summed E-state index contributed by atoms with van der Waals surface area (Å²) < 4.78 is 5.68. The average molecular weight is 283 g/mol. The molecule has 0 spiro atoms. The third kappa shape index (κ3) is 7.59. The Kier molecular flexibility index (Phi) is 8.16. The third-order valence-electron chi connectivity index (χ3n) is 3.34. The monoisotopic (exact) mass is 282 g/mol. The molecule has 1 nitrogen and oxygen atoms in total. The van der Waals surface area contributed by atoms with Crippen LogP contribution in [0.1, 0.15) is 37.8 Å². The Labute approximate surface area is 123 Å². The molecule has 1 aromatic carbocycles. The van der Waals surface area contributed by atoms with Crippen molar-refractivity contribution in [2.75, 3.05) is 19.1 Å². The highest BCUT2D eigenvalue weighted by atomic mass is 35.5. The zero-order chi connectivity index (χ0) is 14.1. The number of aryl methyl sites for hydroxylation is 1. The summed E-state index contributed by atoms with van der Waals surface area (Å²) in [5.41, 5.74) is 2.70. The van der Waals surface area contributed by atoms with Crippen LogP contribution in [0.5, 0.6) is 0 Å². The maximum atomic E-state index is 6.06. The van der Waals surface area contributed by atoms with Crippen molar-refractivity contribution in [2.45, 2.75) is 40.0 Å². The Morgan fingerprint density at radius 2 is 1.89 bits per heavy atom. The molecular formula is C17H27ClO. The van der Waals surface area contributed by atoms with Crippen LogP contribution in [0.2, 0.25) is 0 Å². The lowest BCUT2D eigenvalue weighted by atomic mass is 9.97. The molecule has 0 aromatic heterocycles. The van der Waals surface area contributed by atoms with E-state index in [9.17, 15) is 0 Å². The van der Waals surface area contributed by atoms with E-state index in [0.29, 0.717) is 11.8 Å². The van der Waals surface area contributed by atoms with Crippen molar-refractivity contribution in [3.8, 4) is 0 Å². The number of rotatable bonds is 9. The predicted molar refractivity (Wildman–Crippen MR) is 84.0 cm³/mol. The molecule has 0 aliphatic rings. The van der Waals surface area contributed by atoms with Crippen molar-refractivity contribution in [3.63, 3.8) is 0 Å². The average Bonchev–Trinajstić information content (AvgIpc) is 2.36. The van der Waals surface area contributed by atoms with Crippen LogP contribution in [0, 0.1) is 18.8 Å². The Hall–Kier alpha value is -0.530. The van der Waals surface area contributed by atoms with Crippen molar-refractivity contribution >= 4 is 11.6 Å². The minimum Gasteiger partial charge on any atom is -0.381 e. The Bertz CT molecular complexity index is 349. The largest absolute Gasteiger partial charge is 0.381 e. The van der Waals surface area contributed by atoms with Crippen LogP contribution < -0.4 is 0 Å². The second-order valence-corrected chi connectivity index (χ2v) is 6.11. The predicted octanol–water partition coefficient (Wildman–Crippen LogP) is 4.85. The third-order valence-corrected chi connectivity index (χ3v) is 3.77. The van der Waals surface area contributed by atoms with Gasteiger partial charge in [0.1, 0.15) is 0 Å². The van der Waals surface area contributed by atoms with Crippen molar-refractivity contribution in [1.82, 2.24) is 0 Å². The molecule has 1 unspecified atom stereocenters. The number of alkyl halides is 1. The molecule has 1 atom stereocenters. The van der Waals surface area contributed by atoms with E-state index in [1.54, 1.807) is 0 Å². The minimum absolute atomic E-state index is 0.516. The summed E-state index contributed by atoms with van der Waals surface area (Å²) in [6.07, 6.45) is 3.25. The highest BCUT2D eigenvalue weighted by molar-refractivity contribution is 6.18. The Morgan fingerprint density at radius 3 is 2.53 bits per heavy atom. The van der Waals surface area contributed by atoms with Gasteiger partial charge in [0.05, 0.1) is 0 Å². The summed E-state index contributed by atoms with van der Waals surface area (Å²) in [4.78, 5) is 0. The van der Waals surface area contributed by atoms with Crippen LogP contribution in [0.25, 0.3) is 0 Å².